The lowest BCUT2D eigenvalue weighted by atomic mass is 10.2. The van der Waals surface area contributed by atoms with Gasteiger partial charge in [0.15, 0.2) is 11.0 Å². The molecule has 5 nitrogen and oxygen atoms in total. The number of anilines is 1. The van der Waals surface area contributed by atoms with Gasteiger partial charge in [-0.25, -0.2) is 4.90 Å². The lowest BCUT2D eigenvalue weighted by molar-refractivity contribution is -0.907. The summed E-state index contributed by atoms with van der Waals surface area (Å²) in [7, 11) is 0. The molecule has 27 heavy (non-hydrogen) atoms. The van der Waals surface area contributed by atoms with Crippen LogP contribution in [0.3, 0.4) is 0 Å². The van der Waals surface area contributed by atoms with E-state index in [1.807, 2.05) is 12.1 Å². The fourth-order valence-corrected chi connectivity index (χ4v) is 4.59. The Balaban J connectivity index is 1.35. The Morgan fingerprint density at radius 2 is 1.96 bits per heavy atom. The highest BCUT2D eigenvalue weighted by molar-refractivity contribution is 8.26. The van der Waals surface area contributed by atoms with Crippen molar-refractivity contribution in [3.05, 3.63) is 58.9 Å². The highest BCUT2D eigenvalue weighted by Gasteiger charge is 2.35. The zero-order valence-corrected chi connectivity index (χ0v) is 16.8. The van der Waals surface area contributed by atoms with Crippen molar-refractivity contribution < 1.29 is 14.1 Å². The molecular weight excluding hydrogens is 378 g/mol. The molecule has 0 radical (unpaired) electrons. The maximum atomic E-state index is 12.7. The minimum absolute atomic E-state index is 0.0186. The third kappa shape index (κ3) is 4.10. The van der Waals surface area contributed by atoms with Gasteiger partial charge in [0.2, 0.25) is 0 Å². The number of rotatable bonds is 4. The van der Waals surface area contributed by atoms with Crippen LogP contribution in [0.2, 0.25) is 0 Å². The molecule has 140 valence electrons. The van der Waals surface area contributed by atoms with Gasteiger partial charge in [-0.3, -0.25) is 4.79 Å². The van der Waals surface area contributed by atoms with Crippen molar-refractivity contribution in [3.8, 4) is 0 Å². The van der Waals surface area contributed by atoms with Crippen LogP contribution in [0.1, 0.15) is 11.3 Å². The van der Waals surface area contributed by atoms with Crippen LogP contribution in [-0.4, -0.2) is 48.0 Å². The fraction of sp³-hybridized carbons (Fsp3) is 0.300. The summed E-state index contributed by atoms with van der Waals surface area (Å²) in [5, 5.41) is 0. The predicted octanol–water partition coefficient (Wildman–Crippen LogP) is 2.15. The zero-order chi connectivity index (χ0) is 18.8. The van der Waals surface area contributed by atoms with Crippen molar-refractivity contribution in [1.82, 2.24) is 4.90 Å². The smallest absolute Gasteiger partial charge is 0.270 e. The van der Waals surface area contributed by atoms with Crippen LogP contribution in [0, 0.1) is 6.92 Å². The summed E-state index contributed by atoms with van der Waals surface area (Å²) in [5.74, 6) is 0.657. The molecule has 1 aromatic carbocycles. The quantitative estimate of drug-likeness (QED) is 0.629. The number of nitrogens with one attached hydrogen (secondary N) is 1. The molecule has 0 spiro atoms. The van der Waals surface area contributed by atoms with E-state index in [1.54, 1.807) is 17.2 Å². The molecule has 7 heteroatoms. The molecule has 1 aromatic heterocycles. The van der Waals surface area contributed by atoms with Crippen molar-refractivity contribution in [2.75, 3.05) is 37.7 Å². The summed E-state index contributed by atoms with van der Waals surface area (Å²) in [5.41, 5.74) is 2.55. The van der Waals surface area contributed by atoms with Gasteiger partial charge >= 0.3 is 0 Å². The first-order chi connectivity index (χ1) is 13.1. The molecular formula is C20H22N3O2S2+. The third-order valence-electron chi connectivity index (χ3n) is 4.94. The van der Waals surface area contributed by atoms with E-state index in [0.29, 0.717) is 21.7 Å². The number of amides is 1. The number of aryl methyl sites for hydroxylation is 1. The minimum atomic E-state index is -0.0186. The van der Waals surface area contributed by atoms with Gasteiger partial charge < -0.3 is 14.2 Å². The first kappa shape index (κ1) is 18.3. The summed E-state index contributed by atoms with van der Waals surface area (Å²) in [6.07, 6.45) is 3.37. The summed E-state index contributed by atoms with van der Waals surface area (Å²) in [4.78, 5) is 18.9. The molecule has 0 saturated carbocycles. The van der Waals surface area contributed by atoms with Crippen LogP contribution in [0.25, 0.3) is 6.08 Å². The van der Waals surface area contributed by atoms with Crippen LogP contribution in [-0.2, 0) is 4.79 Å². The maximum absolute atomic E-state index is 12.7. The van der Waals surface area contributed by atoms with Crippen molar-refractivity contribution in [3.63, 3.8) is 0 Å². The molecule has 1 amide bonds. The van der Waals surface area contributed by atoms with Gasteiger partial charge in [-0.1, -0.05) is 41.7 Å². The Morgan fingerprint density at radius 3 is 2.63 bits per heavy atom. The zero-order valence-electron chi connectivity index (χ0n) is 15.2. The maximum Gasteiger partial charge on any atom is 0.270 e. The Kier molecular flexibility index (Phi) is 5.33. The highest BCUT2D eigenvalue weighted by Crippen LogP contribution is 2.31. The Labute approximate surface area is 168 Å². The van der Waals surface area contributed by atoms with Crippen molar-refractivity contribution in [2.24, 2.45) is 0 Å². The van der Waals surface area contributed by atoms with Crippen LogP contribution in [0.4, 0.5) is 5.69 Å². The number of furan rings is 1. The number of hydrogen-bond acceptors (Lipinski definition) is 5. The SMILES string of the molecule is Cc1ccc(N2CC[NH+](CN3C(=O)/C(=C\c4ccco4)SC3=S)CC2)cc1. The van der Waals surface area contributed by atoms with Gasteiger partial charge in [0, 0.05) is 11.8 Å². The van der Waals surface area contributed by atoms with Crippen LogP contribution >= 0.6 is 24.0 Å². The topological polar surface area (TPSA) is 41.1 Å². The summed E-state index contributed by atoms with van der Waals surface area (Å²) in [6.45, 7) is 6.67. The number of thioether (sulfide) groups is 1. The van der Waals surface area contributed by atoms with Crippen LogP contribution < -0.4 is 9.80 Å². The number of carbonyl (C=O) groups is 1. The number of piperazine rings is 1. The molecule has 0 atom stereocenters. The molecule has 2 saturated heterocycles. The first-order valence-electron chi connectivity index (χ1n) is 9.04. The van der Waals surface area contributed by atoms with E-state index in [0.717, 1.165) is 26.2 Å². The van der Waals surface area contributed by atoms with E-state index in [9.17, 15) is 4.79 Å². The van der Waals surface area contributed by atoms with Crippen molar-refractivity contribution >= 4 is 46.0 Å². The van der Waals surface area contributed by atoms with Crippen molar-refractivity contribution in [1.29, 1.82) is 0 Å². The number of carbonyl (C=O) groups excluding carboxylic acids is 1. The average Bonchev–Trinajstić information content (AvgIpc) is 3.27. The molecule has 0 unspecified atom stereocenters. The molecule has 2 fully saturated rings. The molecule has 3 heterocycles. The minimum Gasteiger partial charge on any atom is -0.465 e. The fourth-order valence-electron chi connectivity index (χ4n) is 3.36. The second-order valence-corrected chi connectivity index (χ2v) is 8.53. The monoisotopic (exact) mass is 400 g/mol. The molecule has 4 rings (SSSR count). The molecule has 0 bridgehead atoms. The van der Waals surface area contributed by atoms with E-state index < -0.39 is 0 Å². The molecule has 2 aliphatic rings. The van der Waals surface area contributed by atoms with E-state index in [4.69, 9.17) is 16.6 Å². The van der Waals surface area contributed by atoms with E-state index >= 15 is 0 Å². The van der Waals surface area contributed by atoms with Gasteiger partial charge in [-0.2, -0.15) is 0 Å². The molecule has 2 aliphatic heterocycles. The standard InChI is InChI=1S/C20H21N3O2S2/c1-15-4-6-16(7-5-15)22-10-8-21(9-11-22)14-23-19(24)18(27-20(23)26)13-17-3-2-12-25-17/h2-7,12-13H,8-11,14H2,1H3/p+1/b18-13+. The van der Waals surface area contributed by atoms with E-state index in [2.05, 4.69) is 36.1 Å². The number of nitrogens with zero attached hydrogens (tertiary/aromatic N) is 2. The summed E-state index contributed by atoms with van der Waals surface area (Å²) >= 11 is 6.80. The van der Waals surface area contributed by atoms with Gasteiger partial charge in [0.1, 0.15) is 5.76 Å². The summed E-state index contributed by atoms with van der Waals surface area (Å²) < 4.78 is 5.94. The predicted molar refractivity (Wildman–Crippen MR) is 113 cm³/mol. The second kappa shape index (κ2) is 7.88. The van der Waals surface area contributed by atoms with Crippen molar-refractivity contribution in [2.45, 2.75) is 6.92 Å². The normalized spacial score (nSPS) is 20.1. The Hall–Kier alpha value is -2.09. The number of benzene rings is 1. The first-order valence-corrected chi connectivity index (χ1v) is 10.3. The van der Waals surface area contributed by atoms with Gasteiger partial charge in [-0.15, -0.1) is 0 Å². The molecule has 0 aliphatic carbocycles. The third-order valence-corrected chi connectivity index (χ3v) is 6.32. The average molecular weight is 401 g/mol. The van der Waals surface area contributed by atoms with Crippen LogP contribution in [0.15, 0.2) is 52.0 Å². The lowest BCUT2D eigenvalue weighted by Gasteiger charge is -2.35. The van der Waals surface area contributed by atoms with Gasteiger partial charge in [-0.05, 0) is 31.2 Å². The van der Waals surface area contributed by atoms with E-state index in [-0.39, 0.29) is 5.91 Å². The van der Waals surface area contributed by atoms with E-state index in [1.165, 1.54) is 27.9 Å². The van der Waals surface area contributed by atoms with Gasteiger partial charge in [0.25, 0.3) is 5.91 Å². The number of quaternary nitrogens is 1. The second-order valence-electron chi connectivity index (χ2n) is 6.86. The van der Waals surface area contributed by atoms with Crippen LogP contribution in [0.5, 0.6) is 0 Å². The Bertz CT molecular complexity index is 854. The lowest BCUT2D eigenvalue weighted by Crippen LogP contribution is -3.16. The highest BCUT2D eigenvalue weighted by atomic mass is 32.2. The van der Waals surface area contributed by atoms with Gasteiger partial charge in [0.05, 0.1) is 37.3 Å². The summed E-state index contributed by atoms with van der Waals surface area (Å²) in [6, 6.07) is 12.3. The Morgan fingerprint density at radius 1 is 1.22 bits per heavy atom. The number of hydrogen-bond donors (Lipinski definition) is 1. The molecule has 1 N–H and O–H groups in total. The molecule has 2 aromatic rings. The largest absolute Gasteiger partial charge is 0.465 e. The number of thiocarbonyl (C=S) groups is 1.